The standard InChI is InChI=1S/C17H19ClN2O3/c1-12(23-16(22)13-5-7-14(18)8-6-13)15(21)20-17(11-19)9-3-2-4-10-17/h5-8,12H,2-4,9-10H2,1H3,(H,20,21)/t12-/m1/s1. The molecule has 1 fully saturated rings. The molecule has 6 heteroatoms. The highest BCUT2D eigenvalue weighted by Gasteiger charge is 2.35. The van der Waals surface area contributed by atoms with E-state index < -0.39 is 23.5 Å². The minimum atomic E-state index is -0.967. The van der Waals surface area contributed by atoms with E-state index in [1.807, 2.05) is 0 Å². The lowest BCUT2D eigenvalue weighted by molar-refractivity contribution is -0.130. The molecule has 122 valence electrons. The third kappa shape index (κ3) is 4.46. The highest BCUT2D eigenvalue weighted by molar-refractivity contribution is 6.30. The molecule has 2 rings (SSSR count). The van der Waals surface area contributed by atoms with E-state index in [1.54, 1.807) is 12.1 Å². The average Bonchev–Trinajstić information content (AvgIpc) is 2.56. The molecule has 1 amide bonds. The van der Waals surface area contributed by atoms with Gasteiger partial charge in [-0.05, 0) is 44.0 Å². The summed E-state index contributed by atoms with van der Waals surface area (Å²) in [5.41, 5.74) is -0.516. The smallest absolute Gasteiger partial charge is 0.338 e. The van der Waals surface area contributed by atoms with Crippen molar-refractivity contribution >= 4 is 23.5 Å². The molecule has 5 nitrogen and oxygen atoms in total. The third-order valence-electron chi connectivity index (χ3n) is 4.02. The quantitative estimate of drug-likeness (QED) is 0.857. The Bertz CT molecular complexity index is 616. The van der Waals surface area contributed by atoms with Crippen LogP contribution < -0.4 is 5.32 Å². The number of nitrogens with zero attached hydrogens (tertiary/aromatic N) is 1. The Morgan fingerprint density at radius 2 is 1.87 bits per heavy atom. The van der Waals surface area contributed by atoms with Crippen molar-refractivity contribution in [2.45, 2.75) is 50.7 Å². The van der Waals surface area contributed by atoms with Gasteiger partial charge in [-0.25, -0.2) is 4.79 Å². The highest BCUT2D eigenvalue weighted by Crippen LogP contribution is 2.27. The molecule has 0 aromatic heterocycles. The second-order valence-electron chi connectivity index (χ2n) is 5.80. The topological polar surface area (TPSA) is 79.2 Å². The monoisotopic (exact) mass is 334 g/mol. The number of carbonyl (C=O) groups is 2. The van der Waals surface area contributed by atoms with Gasteiger partial charge in [0, 0.05) is 5.02 Å². The zero-order valence-corrected chi connectivity index (χ0v) is 13.7. The van der Waals surface area contributed by atoms with Crippen LogP contribution in [-0.2, 0) is 9.53 Å². The van der Waals surface area contributed by atoms with Crippen LogP contribution in [0.1, 0.15) is 49.4 Å². The van der Waals surface area contributed by atoms with Gasteiger partial charge in [-0.3, -0.25) is 4.79 Å². The molecule has 0 heterocycles. The Balaban J connectivity index is 1.95. The number of hydrogen-bond acceptors (Lipinski definition) is 4. The van der Waals surface area contributed by atoms with Crippen molar-refractivity contribution in [3.05, 3.63) is 34.9 Å². The molecular formula is C17H19ClN2O3. The summed E-state index contributed by atoms with van der Waals surface area (Å²) in [5, 5.41) is 12.6. The maximum atomic E-state index is 12.2. The van der Waals surface area contributed by atoms with Crippen molar-refractivity contribution in [1.82, 2.24) is 5.32 Å². The predicted molar refractivity (Wildman–Crippen MR) is 85.9 cm³/mol. The number of ether oxygens (including phenoxy) is 1. The van der Waals surface area contributed by atoms with Crippen LogP contribution in [0.5, 0.6) is 0 Å². The molecule has 0 radical (unpaired) electrons. The first-order valence-corrected chi connectivity index (χ1v) is 8.03. The largest absolute Gasteiger partial charge is 0.449 e. The minimum Gasteiger partial charge on any atom is -0.449 e. The molecule has 1 aromatic rings. The van der Waals surface area contributed by atoms with Gasteiger partial charge in [0.05, 0.1) is 11.6 Å². The molecule has 0 unspecified atom stereocenters. The van der Waals surface area contributed by atoms with Crippen molar-refractivity contribution in [2.24, 2.45) is 0 Å². The van der Waals surface area contributed by atoms with Crippen molar-refractivity contribution in [3.63, 3.8) is 0 Å². The summed E-state index contributed by atoms with van der Waals surface area (Å²) in [5.74, 6) is -1.05. The first kappa shape index (κ1) is 17.3. The van der Waals surface area contributed by atoms with E-state index in [4.69, 9.17) is 16.3 Å². The summed E-state index contributed by atoms with van der Waals surface area (Å²) in [7, 11) is 0. The zero-order valence-electron chi connectivity index (χ0n) is 13.0. The Kier molecular flexibility index (Phi) is 5.62. The summed E-state index contributed by atoms with van der Waals surface area (Å²) in [6.45, 7) is 1.50. The summed E-state index contributed by atoms with van der Waals surface area (Å²) in [6, 6.07) is 8.44. The average molecular weight is 335 g/mol. The molecule has 1 aliphatic rings. The van der Waals surface area contributed by atoms with Gasteiger partial charge in [-0.1, -0.05) is 30.9 Å². The number of carbonyl (C=O) groups excluding carboxylic acids is 2. The number of rotatable bonds is 4. The second-order valence-corrected chi connectivity index (χ2v) is 6.23. The molecule has 1 aliphatic carbocycles. The molecule has 1 atom stereocenters. The van der Waals surface area contributed by atoms with E-state index in [0.29, 0.717) is 23.4 Å². The Morgan fingerprint density at radius 3 is 2.43 bits per heavy atom. The molecule has 0 bridgehead atoms. The van der Waals surface area contributed by atoms with Gasteiger partial charge in [0.25, 0.3) is 5.91 Å². The van der Waals surface area contributed by atoms with Crippen LogP contribution in [0.15, 0.2) is 24.3 Å². The third-order valence-corrected chi connectivity index (χ3v) is 4.27. The van der Waals surface area contributed by atoms with Gasteiger partial charge < -0.3 is 10.1 Å². The van der Waals surface area contributed by atoms with Crippen molar-refractivity contribution < 1.29 is 14.3 Å². The number of nitrogens with one attached hydrogen (secondary N) is 1. The fourth-order valence-corrected chi connectivity index (χ4v) is 2.75. The van der Waals surface area contributed by atoms with Crippen molar-refractivity contribution in [1.29, 1.82) is 5.26 Å². The fraction of sp³-hybridized carbons (Fsp3) is 0.471. The number of halogens is 1. The molecule has 0 aliphatic heterocycles. The number of benzene rings is 1. The Hall–Kier alpha value is -2.06. The van der Waals surface area contributed by atoms with Crippen LogP contribution in [0.25, 0.3) is 0 Å². The lowest BCUT2D eigenvalue weighted by Crippen LogP contribution is -2.52. The minimum absolute atomic E-state index is 0.321. The van der Waals surface area contributed by atoms with E-state index >= 15 is 0 Å². The van der Waals surface area contributed by atoms with Crippen molar-refractivity contribution in [3.8, 4) is 6.07 Å². The van der Waals surface area contributed by atoms with Crippen LogP contribution in [0.4, 0.5) is 0 Å². The summed E-state index contributed by atoms with van der Waals surface area (Å²) in [6.07, 6.45) is 3.19. The van der Waals surface area contributed by atoms with E-state index in [-0.39, 0.29) is 0 Å². The SMILES string of the molecule is C[C@@H](OC(=O)c1ccc(Cl)cc1)C(=O)NC1(C#N)CCCCC1. The van der Waals surface area contributed by atoms with Gasteiger partial charge in [0.15, 0.2) is 6.10 Å². The van der Waals surface area contributed by atoms with Gasteiger partial charge in [0.2, 0.25) is 0 Å². The van der Waals surface area contributed by atoms with Gasteiger partial charge in [0.1, 0.15) is 5.54 Å². The summed E-state index contributed by atoms with van der Waals surface area (Å²) < 4.78 is 5.17. The predicted octanol–water partition coefficient (Wildman–Crippen LogP) is 3.23. The summed E-state index contributed by atoms with van der Waals surface area (Å²) >= 11 is 5.77. The maximum absolute atomic E-state index is 12.2. The van der Waals surface area contributed by atoms with E-state index in [0.717, 1.165) is 19.3 Å². The van der Waals surface area contributed by atoms with Crippen LogP contribution >= 0.6 is 11.6 Å². The summed E-state index contributed by atoms with van der Waals surface area (Å²) in [4.78, 5) is 24.2. The van der Waals surface area contributed by atoms with Crippen LogP contribution in [-0.4, -0.2) is 23.5 Å². The second kappa shape index (κ2) is 7.47. The Labute approximate surface area is 140 Å². The molecule has 23 heavy (non-hydrogen) atoms. The lowest BCUT2D eigenvalue weighted by atomic mass is 9.83. The van der Waals surface area contributed by atoms with Crippen LogP contribution in [0.3, 0.4) is 0 Å². The molecule has 1 saturated carbocycles. The van der Waals surface area contributed by atoms with E-state index in [1.165, 1.54) is 19.1 Å². The van der Waals surface area contributed by atoms with Crippen LogP contribution in [0, 0.1) is 11.3 Å². The number of hydrogen-bond donors (Lipinski definition) is 1. The molecule has 1 aromatic carbocycles. The van der Waals surface area contributed by atoms with Gasteiger partial charge in [-0.15, -0.1) is 0 Å². The maximum Gasteiger partial charge on any atom is 0.338 e. The normalized spacial score (nSPS) is 17.6. The van der Waals surface area contributed by atoms with E-state index in [9.17, 15) is 14.9 Å². The highest BCUT2D eigenvalue weighted by atomic mass is 35.5. The number of esters is 1. The molecule has 1 N–H and O–H groups in total. The first-order chi connectivity index (χ1) is 11.0. The fourth-order valence-electron chi connectivity index (χ4n) is 2.63. The molecular weight excluding hydrogens is 316 g/mol. The lowest BCUT2D eigenvalue weighted by Gasteiger charge is -2.32. The van der Waals surface area contributed by atoms with E-state index in [2.05, 4.69) is 11.4 Å². The van der Waals surface area contributed by atoms with Gasteiger partial charge >= 0.3 is 5.97 Å². The molecule has 0 saturated heterocycles. The molecule has 0 spiro atoms. The number of amides is 1. The number of nitriles is 1. The first-order valence-electron chi connectivity index (χ1n) is 7.66. The van der Waals surface area contributed by atoms with Gasteiger partial charge in [-0.2, -0.15) is 5.26 Å². The van der Waals surface area contributed by atoms with Crippen LogP contribution in [0.2, 0.25) is 5.02 Å². The zero-order chi connectivity index (χ0) is 16.9. The van der Waals surface area contributed by atoms with Crippen molar-refractivity contribution in [2.75, 3.05) is 0 Å². The Morgan fingerprint density at radius 1 is 1.26 bits per heavy atom.